The van der Waals surface area contributed by atoms with Gasteiger partial charge in [0, 0.05) is 56.5 Å². The average Bonchev–Trinajstić information content (AvgIpc) is 2.88. The summed E-state index contributed by atoms with van der Waals surface area (Å²) in [6, 6.07) is 15.3. The zero-order valence-electron chi connectivity index (χ0n) is 20.4. The Kier molecular flexibility index (Phi) is 6.55. The number of benzene rings is 2. The Hall–Kier alpha value is -2.91. The predicted octanol–water partition coefficient (Wildman–Crippen LogP) is 1.55. The fourth-order valence-corrected chi connectivity index (χ4v) is 6.69. The second kappa shape index (κ2) is 9.62. The molecule has 0 saturated carbocycles. The molecule has 0 spiro atoms. The third-order valence-corrected chi connectivity index (χ3v) is 9.08. The molecule has 2 aliphatic rings. The quantitative estimate of drug-likeness (QED) is 0.519. The number of nitrogens with zero attached hydrogens (tertiary/aromatic N) is 4. The van der Waals surface area contributed by atoms with E-state index in [0.29, 0.717) is 31.0 Å². The van der Waals surface area contributed by atoms with Crippen LogP contribution in [-0.2, 0) is 14.8 Å². The average molecular weight is 490 g/mol. The molecule has 35 heavy (non-hydrogen) atoms. The number of carbonyl (C=O) groups is 1. The lowest BCUT2D eigenvalue weighted by Crippen LogP contribution is -2.53. The Bertz CT molecular complexity index is 1340. The minimum absolute atomic E-state index is 0.0728. The van der Waals surface area contributed by atoms with Crippen LogP contribution in [0.5, 0.6) is 0 Å². The van der Waals surface area contributed by atoms with Crippen molar-refractivity contribution in [2.45, 2.75) is 24.7 Å². The molecule has 3 heterocycles. The monoisotopic (exact) mass is 490 g/mol. The smallest absolute Gasteiger partial charge is 0.243 e. The van der Waals surface area contributed by atoms with E-state index in [2.05, 4.69) is 35.0 Å². The number of amides is 1. The molecule has 0 radical (unpaired) electrons. The van der Waals surface area contributed by atoms with Gasteiger partial charge in [0.25, 0.3) is 0 Å². The topological polar surface area (TPSA) is 73.8 Å². The van der Waals surface area contributed by atoms with E-state index in [1.807, 2.05) is 37.1 Å². The zero-order valence-corrected chi connectivity index (χ0v) is 21.2. The van der Waals surface area contributed by atoms with Crippen LogP contribution in [-0.4, -0.2) is 75.6 Å². The minimum Gasteiger partial charge on any atom is -0.367 e. The maximum absolute atomic E-state index is 13.4. The van der Waals surface area contributed by atoms with Gasteiger partial charge in [0.2, 0.25) is 15.9 Å². The van der Waals surface area contributed by atoms with Crippen molar-refractivity contribution in [2.75, 3.05) is 44.2 Å². The van der Waals surface area contributed by atoms with Gasteiger partial charge in [0.05, 0.1) is 16.3 Å². The summed E-state index contributed by atoms with van der Waals surface area (Å²) in [7, 11) is -1.66. The lowest BCUT2D eigenvalue weighted by molar-refractivity contribution is -0.137. The van der Waals surface area contributed by atoms with Gasteiger partial charge in [-0.05, 0) is 49.6 Å². The van der Waals surface area contributed by atoms with E-state index in [-0.39, 0.29) is 18.4 Å². The molecule has 7 nitrogen and oxygen atoms in total. The van der Waals surface area contributed by atoms with Crippen molar-refractivity contribution in [3.05, 3.63) is 60.3 Å². The zero-order chi connectivity index (χ0) is 24.6. The van der Waals surface area contributed by atoms with Gasteiger partial charge in [-0.3, -0.25) is 9.78 Å². The van der Waals surface area contributed by atoms with Crippen LogP contribution in [0.4, 0.5) is 5.69 Å². The molecule has 1 aromatic heterocycles. The molecule has 0 bridgehead atoms. The van der Waals surface area contributed by atoms with Crippen LogP contribution >= 0.6 is 0 Å². The molecule has 1 unspecified atom stereocenters. The Morgan fingerprint density at radius 3 is 2.49 bits per heavy atom. The van der Waals surface area contributed by atoms with E-state index in [1.165, 1.54) is 9.87 Å². The van der Waals surface area contributed by atoms with Gasteiger partial charge in [0.15, 0.2) is 0 Å². The van der Waals surface area contributed by atoms with Crippen molar-refractivity contribution >= 4 is 45.8 Å². The highest BCUT2D eigenvalue weighted by Crippen LogP contribution is 2.28. The maximum atomic E-state index is 13.4. The van der Waals surface area contributed by atoms with Gasteiger partial charge in [-0.15, -0.1) is 0 Å². The Labute approximate surface area is 208 Å². The van der Waals surface area contributed by atoms with E-state index in [1.54, 1.807) is 12.1 Å². The molecule has 1 atom stereocenters. The Morgan fingerprint density at radius 2 is 1.74 bits per heavy atom. The third kappa shape index (κ3) is 4.79. The molecule has 5 rings (SSSR count). The second-order valence-electron chi connectivity index (χ2n) is 9.68. The summed E-state index contributed by atoms with van der Waals surface area (Å²) in [6.45, 7) is 5.54. The summed E-state index contributed by atoms with van der Waals surface area (Å²) < 4.78 is 27.8. The van der Waals surface area contributed by atoms with Crippen molar-refractivity contribution < 1.29 is 13.2 Å². The molecule has 2 saturated heterocycles. The molecule has 182 valence electrons. The van der Waals surface area contributed by atoms with Crippen molar-refractivity contribution in [1.82, 2.24) is 14.2 Å². The highest BCUT2D eigenvalue weighted by atomic mass is 32.2. The molecule has 9 heteroatoms. The van der Waals surface area contributed by atoms with Crippen LogP contribution in [0.2, 0.25) is 0 Å². The number of hydrogen-bond donors (Lipinski definition) is 0. The third-order valence-electron chi connectivity index (χ3n) is 7.20. The van der Waals surface area contributed by atoms with E-state index in [9.17, 15) is 13.2 Å². The van der Waals surface area contributed by atoms with Crippen LogP contribution in [0.1, 0.15) is 18.4 Å². The number of hydrogen-bond acceptors (Lipinski definition) is 5. The first kappa shape index (κ1) is 23.8. The normalized spacial score (nSPS) is 19.7. The minimum atomic E-state index is -3.60. The van der Waals surface area contributed by atoms with E-state index >= 15 is 0 Å². The van der Waals surface area contributed by atoms with Gasteiger partial charge in [-0.25, -0.2) is 8.42 Å². The van der Waals surface area contributed by atoms with Gasteiger partial charge in [0.1, 0.15) is 7.85 Å². The molecule has 3 aromatic rings. The van der Waals surface area contributed by atoms with Crippen molar-refractivity contribution in [3.63, 3.8) is 0 Å². The number of aromatic nitrogens is 1. The van der Waals surface area contributed by atoms with Gasteiger partial charge < -0.3 is 9.80 Å². The van der Waals surface area contributed by atoms with Crippen LogP contribution in [0, 0.1) is 12.8 Å². The lowest BCUT2D eigenvalue weighted by atomic mass is 9.97. The Balaban J connectivity index is 1.24. The summed E-state index contributed by atoms with van der Waals surface area (Å²) in [5, 5.41) is 1.13. The number of piperazine rings is 1. The van der Waals surface area contributed by atoms with Gasteiger partial charge in [-0.1, -0.05) is 29.7 Å². The van der Waals surface area contributed by atoms with Crippen LogP contribution < -0.4 is 10.4 Å². The molecule has 2 aromatic carbocycles. The van der Waals surface area contributed by atoms with Crippen LogP contribution in [0.25, 0.3) is 10.9 Å². The summed E-state index contributed by atoms with van der Waals surface area (Å²) >= 11 is 0. The molecule has 0 N–H and O–H groups in total. The number of carbonyl (C=O) groups excluding carboxylic acids is 1. The molecule has 1 amide bonds. The first-order valence-electron chi connectivity index (χ1n) is 12.3. The predicted molar refractivity (Wildman–Crippen MR) is 141 cm³/mol. The first-order chi connectivity index (χ1) is 16.8. The number of piperidine rings is 1. The van der Waals surface area contributed by atoms with Gasteiger partial charge >= 0.3 is 0 Å². The largest absolute Gasteiger partial charge is 0.367 e. The second-order valence-corrected chi connectivity index (χ2v) is 11.6. The summed E-state index contributed by atoms with van der Waals surface area (Å²) in [5.74, 6) is -0.219. The lowest BCUT2D eigenvalue weighted by Gasteiger charge is -2.39. The summed E-state index contributed by atoms with van der Waals surface area (Å²) in [5.41, 5.74) is 4.33. The van der Waals surface area contributed by atoms with Crippen LogP contribution in [0.3, 0.4) is 0 Å². The van der Waals surface area contributed by atoms with E-state index in [0.717, 1.165) is 41.6 Å². The van der Waals surface area contributed by atoms with E-state index in [4.69, 9.17) is 0 Å². The summed E-state index contributed by atoms with van der Waals surface area (Å²) in [6.07, 6.45) is 3.27. The first-order valence-corrected chi connectivity index (χ1v) is 13.7. The molecular weight excluding hydrogens is 459 g/mol. The number of sulfonamides is 1. The maximum Gasteiger partial charge on any atom is 0.243 e. The van der Waals surface area contributed by atoms with Crippen molar-refractivity contribution in [2.24, 2.45) is 5.92 Å². The summed E-state index contributed by atoms with van der Waals surface area (Å²) in [4.78, 5) is 22.4. The van der Waals surface area contributed by atoms with Crippen molar-refractivity contribution in [3.8, 4) is 0 Å². The Morgan fingerprint density at radius 1 is 1.00 bits per heavy atom. The van der Waals surface area contributed by atoms with Gasteiger partial charge in [-0.2, -0.15) is 4.31 Å². The standard InChI is InChI=1S/C26H31BN4O3S/c1-19-4-9-23-24(17-19)28-11-10-25(23)29-13-15-30(16-14-29)26(32)20-3-2-12-31(18-20)35(33,34)22-7-5-21(27)6-8-22/h4-11,17,20H,2-3,12-16,18,27H2,1H3. The molecule has 2 fully saturated rings. The number of aryl methyl sites for hydroxylation is 1. The number of pyridine rings is 1. The highest BCUT2D eigenvalue weighted by molar-refractivity contribution is 7.89. The molecular formula is C26H31BN4O3S. The fourth-order valence-electron chi connectivity index (χ4n) is 5.17. The fraction of sp³-hybridized carbons (Fsp3) is 0.385. The number of anilines is 1. The molecule has 2 aliphatic heterocycles. The van der Waals surface area contributed by atoms with E-state index < -0.39 is 10.0 Å². The SMILES string of the molecule is Bc1ccc(S(=O)(=O)N2CCCC(C(=O)N3CCN(c4ccnc5cc(C)ccc45)CC3)C2)cc1. The van der Waals surface area contributed by atoms with Crippen molar-refractivity contribution in [1.29, 1.82) is 0 Å². The number of rotatable bonds is 4. The number of fused-ring (bicyclic) bond motifs is 1. The van der Waals surface area contributed by atoms with Crippen LogP contribution in [0.15, 0.2) is 59.6 Å². The highest BCUT2D eigenvalue weighted by Gasteiger charge is 2.36. The molecule has 0 aliphatic carbocycles.